The van der Waals surface area contributed by atoms with Crippen molar-refractivity contribution in [1.29, 1.82) is 0 Å². The molecule has 1 fully saturated rings. The highest BCUT2D eigenvalue weighted by molar-refractivity contribution is 5.49. The highest BCUT2D eigenvalue weighted by atomic mass is 14.1. The van der Waals surface area contributed by atoms with E-state index in [9.17, 15) is 0 Å². The zero-order chi connectivity index (χ0) is 11.2. The monoisotopic (exact) mass is 214 g/mol. The predicted octanol–water partition coefficient (Wildman–Crippen LogP) is 4.84. The minimum absolute atomic E-state index is 0.833. The van der Waals surface area contributed by atoms with Crippen LogP contribution < -0.4 is 0 Å². The zero-order valence-electron chi connectivity index (χ0n) is 10.3. The van der Waals surface area contributed by atoms with Gasteiger partial charge in [0.1, 0.15) is 0 Å². The summed E-state index contributed by atoms with van der Waals surface area (Å²) in [6, 6.07) is 8.94. The Bertz CT molecular complexity index is 326. The van der Waals surface area contributed by atoms with Gasteiger partial charge in [-0.15, -0.1) is 0 Å². The minimum atomic E-state index is 0.833. The van der Waals surface area contributed by atoms with Crippen molar-refractivity contribution in [3.05, 3.63) is 41.5 Å². The van der Waals surface area contributed by atoms with Crippen molar-refractivity contribution in [2.75, 3.05) is 0 Å². The van der Waals surface area contributed by atoms with Gasteiger partial charge in [0.2, 0.25) is 0 Å². The number of aryl methyl sites for hydroxylation is 1. The Kier molecular flexibility index (Phi) is 4.21. The molecule has 1 aromatic rings. The van der Waals surface area contributed by atoms with Crippen molar-refractivity contribution in [3.63, 3.8) is 0 Å². The molecule has 2 rings (SSSR count). The molecule has 0 aliphatic heterocycles. The third-order valence-corrected chi connectivity index (χ3v) is 3.60. The fourth-order valence-electron chi connectivity index (χ4n) is 2.44. The Morgan fingerprint density at radius 3 is 2.38 bits per heavy atom. The lowest BCUT2D eigenvalue weighted by Crippen LogP contribution is -2.02. The topological polar surface area (TPSA) is 0 Å². The van der Waals surface area contributed by atoms with E-state index in [0.717, 1.165) is 12.3 Å². The molecule has 0 atom stereocenters. The maximum Gasteiger partial charge on any atom is -0.0230 e. The Labute approximate surface area is 99.4 Å². The van der Waals surface area contributed by atoms with E-state index in [4.69, 9.17) is 0 Å². The van der Waals surface area contributed by atoms with E-state index in [1.54, 1.807) is 0 Å². The molecule has 0 nitrogen and oxygen atoms in total. The quantitative estimate of drug-likeness (QED) is 0.675. The van der Waals surface area contributed by atoms with Crippen LogP contribution in [0.5, 0.6) is 0 Å². The van der Waals surface area contributed by atoms with Crippen LogP contribution in [-0.2, 0) is 6.42 Å². The number of hydrogen-bond donors (Lipinski definition) is 0. The molecule has 1 aromatic carbocycles. The molecular weight excluding hydrogens is 192 g/mol. The van der Waals surface area contributed by atoms with Gasteiger partial charge in [-0.25, -0.2) is 0 Å². The standard InChI is InChI=1S/C16H22/c1-2-14-8-10-16(11-9-14)13-12-15-6-4-3-5-7-15/h8-13,15H,2-7H2,1H3/b13-12+. The van der Waals surface area contributed by atoms with Crippen LogP contribution in [0, 0.1) is 5.92 Å². The fraction of sp³-hybridized carbons (Fsp3) is 0.500. The van der Waals surface area contributed by atoms with Gasteiger partial charge in [0, 0.05) is 0 Å². The highest BCUT2D eigenvalue weighted by Crippen LogP contribution is 2.25. The second kappa shape index (κ2) is 5.89. The molecule has 0 bridgehead atoms. The molecule has 0 saturated heterocycles. The third kappa shape index (κ3) is 3.23. The molecule has 16 heavy (non-hydrogen) atoms. The van der Waals surface area contributed by atoms with Gasteiger partial charge < -0.3 is 0 Å². The summed E-state index contributed by atoms with van der Waals surface area (Å²) in [6.45, 7) is 2.20. The summed E-state index contributed by atoms with van der Waals surface area (Å²) >= 11 is 0. The first-order valence-corrected chi connectivity index (χ1v) is 6.65. The van der Waals surface area contributed by atoms with Crippen molar-refractivity contribution < 1.29 is 0 Å². The van der Waals surface area contributed by atoms with Crippen molar-refractivity contribution in [2.45, 2.75) is 45.4 Å². The largest absolute Gasteiger partial charge is 0.0808 e. The van der Waals surface area contributed by atoms with Crippen LogP contribution in [0.2, 0.25) is 0 Å². The van der Waals surface area contributed by atoms with E-state index < -0.39 is 0 Å². The van der Waals surface area contributed by atoms with Gasteiger partial charge in [-0.2, -0.15) is 0 Å². The summed E-state index contributed by atoms with van der Waals surface area (Å²) in [5, 5.41) is 0. The van der Waals surface area contributed by atoms with E-state index in [1.165, 1.54) is 43.2 Å². The fourth-order valence-corrected chi connectivity index (χ4v) is 2.44. The molecule has 0 unspecified atom stereocenters. The summed E-state index contributed by atoms with van der Waals surface area (Å²) in [5.41, 5.74) is 2.78. The molecule has 0 spiro atoms. The number of allylic oxidation sites excluding steroid dienone is 1. The van der Waals surface area contributed by atoms with Crippen molar-refractivity contribution >= 4 is 6.08 Å². The molecule has 1 saturated carbocycles. The van der Waals surface area contributed by atoms with Crippen LogP contribution in [0.4, 0.5) is 0 Å². The van der Waals surface area contributed by atoms with E-state index in [0.29, 0.717) is 0 Å². The highest BCUT2D eigenvalue weighted by Gasteiger charge is 2.09. The molecular formula is C16H22. The van der Waals surface area contributed by atoms with Gasteiger partial charge in [-0.05, 0) is 36.3 Å². The summed E-state index contributed by atoms with van der Waals surface area (Å²) in [6.07, 6.45) is 12.9. The molecule has 86 valence electrons. The van der Waals surface area contributed by atoms with E-state index in [1.807, 2.05) is 0 Å². The van der Waals surface area contributed by atoms with Gasteiger partial charge in [0.15, 0.2) is 0 Å². The molecule has 0 amide bonds. The third-order valence-electron chi connectivity index (χ3n) is 3.60. The molecule has 0 heterocycles. The first-order chi connectivity index (χ1) is 7.88. The van der Waals surface area contributed by atoms with E-state index >= 15 is 0 Å². The first-order valence-electron chi connectivity index (χ1n) is 6.65. The van der Waals surface area contributed by atoms with E-state index in [-0.39, 0.29) is 0 Å². The lowest BCUT2D eigenvalue weighted by Gasteiger charge is -2.17. The second-order valence-electron chi connectivity index (χ2n) is 4.85. The van der Waals surface area contributed by atoms with Crippen LogP contribution in [0.25, 0.3) is 6.08 Å². The van der Waals surface area contributed by atoms with E-state index in [2.05, 4.69) is 43.3 Å². The summed E-state index contributed by atoms with van der Waals surface area (Å²) in [7, 11) is 0. The molecule has 1 aliphatic carbocycles. The van der Waals surface area contributed by atoms with Gasteiger partial charge in [-0.1, -0.05) is 62.6 Å². The van der Waals surface area contributed by atoms with Crippen LogP contribution in [0.1, 0.15) is 50.2 Å². The number of rotatable bonds is 3. The van der Waals surface area contributed by atoms with Crippen molar-refractivity contribution in [3.8, 4) is 0 Å². The van der Waals surface area contributed by atoms with Gasteiger partial charge in [0.05, 0.1) is 0 Å². The van der Waals surface area contributed by atoms with Crippen LogP contribution >= 0.6 is 0 Å². The number of benzene rings is 1. The lowest BCUT2D eigenvalue weighted by molar-refractivity contribution is 0.420. The smallest absolute Gasteiger partial charge is 0.0230 e. The molecule has 0 aromatic heterocycles. The SMILES string of the molecule is CCc1ccc(/C=C/C2CCCCC2)cc1. The summed E-state index contributed by atoms with van der Waals surface area (Å²) < 4.78 is 0. The van der Waals surface area contributed by atoms with Crippen molar-refractivity contribution in [2.24, 2.45) is 5.92 Å². The Morgan fingerprint density at radius 2 is 1.75 bits per heavy atom. The molecule has 0 heteroatoms. The molecule has 0 radical (unpaired) electrons. The average Bonchev–Trinajstić information content (AvgIpc) is 2.38. The van der Waals surface area contributed by atoms with Crippen LogP contribution in [0.15, 0.2) is 30.3 Å². The van der Waals surface area contributed by atoms with Gasteiger partial charge >= 0.3 is 0 Å². The normalized spacial score (nSPS) is 18.1. The van der Waals surface area contributed by atoms with Crippen molar-refractivity contribution in [1.82, 2.24) is 0 Å². The molecule has 0 N–H and O–H groups in total. The average molecular weight is 214 g/mol. The van der Waals surface area contributed by atoms with Crippen LogP contribution in [0.3, 0.4) is 0 Å². The van der Waals surface area contributed by atoms with Crippen LogP contribution in [-0.4, -0.2) is 0 Å². The Hall–Kier alpha value is -1.04. The predicted molar refractivity (Wildman–Crippen MR) is 71.4 cm³/mol. The maximum absolute atomic E-state index is 2.42. The minimum Gasteiger partial charge on any atom is -0.0808 e. The molecule has 1 aliphatic rings. The summed E-state index contributed by atoms with van der Waals surface area (Å²) in [5.74, 6) is 0.833. The maximum atomic E-state index is 2.42. The Morgan fingerprint density at radius 1 is 1.06 bits per heavy atom. The zero-order valence-corrected chi connectivity index (χ0v) is 10.3. The van der Waals surface area contributed by atoms with Gasteiger partial charge in [0.25, 0.3) is 0 Å². The summed E-state index contributed by atoms with van der Waals surface area (Å²) in [4.78, 5) is 0. The second-order valence-corrected chi connectivity index (χ2v) is 4.85. The Balaban J connectivity index is 1.94. The lowest BCUT2D eigenvalue weighted by atomic mass is 9.89. The first kappa shape index (κ1) is 11.4. The van der Waals surface area contributed by atoms with Gasteiger partial charge in [-0.3, -0.25) is 0 Å². The number of hydrogen-bond acceptors (Lipinski definition) is 0.